The van der Waals surface area contributed by atoms with Gasteiger partial charge in [0.05, 0.1) is 5.69 Å². The van der Waals surface area contributed by atoms with Gasteiger partial charge in [-0.15, -0.1) is 0 Å². The van der Waals surface area contributed by atoms with Crippen LogP contribution in [-0.2, 0) is 9.53 Å². The molecule has 1 amide bonds. The topological polar surface area (TPSA) is 81.4 Å². The zero-order valence-corrected chi connectivity index (χ0v) is 9.44. The molecule has 0 fully saturated rings. The molecule has 0 aliphatic carbocycles. The average Bonchev–Trinajstić information content (AvgIpc) is 2.60. The minimum atomic E-state index is -0.695. The van der Waals surface area contributed by atoms with E-state index in [1.54, 1.807) is 6.92 Å². The van der Waals surface area contributed by atoms with Crippen LogP contribution >= 0.6 is 0 Å². The van der Waals surface area contributed by atoms with Crippen LogP contribution in [0.3, 0.4) is 0 Å². The van der Waals surface area contributed by atoms with E-state index in [0.717, 1.165) is 0 Å². The molecule has 0 saturated heterocycles. The highest BCUT2D eigenvalue weighted by atomic mass is 16.6. The largest absolute Gasteiger partial charge is 0.450 e. The van der Waals surface area contributed by atoms with Crippen molar-refractivity contribution in [3.8, 4) is 0 Å². The predicted molar refractivity (Wildman–Crippen MR) is 54.8 cm³/mol. The number of hydrogen-bond acceptors (Lipinski definition) is 5. The summed E-state index contributed by atoms with van der Waals surface area (Å²) in [6, 6.07) is 1.46. The number of aryl methyl sites for hydroxylation is 1. The second-order valence-corrected chi connectivity index (χ2v) is 3.63. The third-order valence-corrected chi connectivity index (χ3v) is 1.61. The lowest BCUT2D eigenvalue weighted by Gasteiger charge is -2.07. The third-order valence-electron chi connectivity index (χ3n) is 1.61. The number of nitrogens with zero attached hydrogens (tertiary/aromatic N) is 1. The maximum atomic E-state index is 11.3. The molecule has 1 N–H and O–H groups in total. The summed E-state index contributed by atoms with van der Waals surface area (Å²) >= 11 is 0. The first-order valence-electron chi connectivity index (χ1n) is 4.89. The molecular formula is C10H14N2O4. The summed E-state index contributed by atoms with van der Waals surface area (Å²) in [5, 5.41) is 6.13. The van der Waals surface area contributed by atoms with Gasteiger partial charge in [-0.25, -0.2) is 4.79 Å². The van der Waals surface area contributed by atoms with Gasteiger partial charge >= 0.3 is 5.97 Å². The second kappa shape index (κ2) is 5.29. The molecule has 0 aromatic carbocycles. The highest BCUT2D eigenvalue weighted by Crippen LogP contribution is 2.03. The number of esters is 1. The molecule has 0 aliphatic heterocycles. The molecule has 6 nitrogen and oxygen atoms in total. The van der Waals surface area contributed by atoms with E-state index >= 15 is 0 Å². The zero-order chi connectivity index (χ0) is 12.1. The van der Waals surface area contributed by atoms with Crippen molar-refractivity contribution in [2.24, 2.45) is 0 Å². The van der Waals surface area contributed by atoms with Gasteiger partial charge in [-0.3, -0.25) is 4.79 Å². The first-order chi connectivity index (χ1) is 7.49. The molecule has 1 aromatic heterocycles. The van der Waals surface area contributed by atoms with E-state index in [2.05, 4.69) is 15.0 Å². The Morgan fingerprint density at radius 1 is 1.56 bits per heavy atom. The second-order valence-electron chi connectivity index (χ2n) is 3.63. The fraction of sp³-hybridized carbons (Fsp3) is 0.500. The highest BCUT2D eigenvalue weighted by Gasteiger charge is 2.14. The van der Waals surface area contributed by atoms with Gasteiger partial charge in [0.15, 0.2) is 6.61 Å². The van der Waals surface area contributed by atoms with Crippen LogP contribution in [0.2, 0.25) is 0 Å². The number of nitrogens with one attached hydrogen (secondary N) is 1. The average molecular weight is 226 g/mol. The normalized spacial score (nSPS) is 10.2. The van der Waals surface area contributed by atoms with Crippen LogP contribution in [0.15, 0.2) is 10.6 Å². The first kappa shape index (κ1) is 12.2. The molecule has 0 bridgehead atoms. The van der Waals surface area contributed by atoms with Crippen LogP contribution in [0.4, 0.5) is 0 Å². The lowest BCUT2D eigenvalue weighted by Crippen LogP contribution is -2.33. The predicted octanol–water partition coefficient (Wildman–Crippen LogP) is 0.664. The summed E-state index contributed by atoms with van der Waals surface area (Å²) in [7, 11) is 0. The maximum absolute atomic E-state index is 11.3. The van der Waals surface area contributed by atoms with Gasteiger partial charge in [0.2, 0.25) is 5.76 Å². The summed E-state index contributed by atoms with van der Waals surface area (Å²) in [6.07, 6.45) is 0. The zero-order valence-electron chi connectivity index (χ0n) is 9.44. The fourth-order valence-electron chi connectivity index (χ4n) is 1.03. The Kier molecular flexibility index (Phi) is 4.04. The smallest absolute Gasteiger partial charge is 0.377 e. The van der Waals surface area contributed by atoms with E-state index in [0.29, 0.717) is 5.69 Å². The van der Waals surface area contributed by atoms with Crippen molar-refractivity contribution >= 4 is 11.9 Å². The summed E-state index contributed by atoms with van der Waals surface area (Å²) in [4.78, 5) is 22.5. The Labute approximate surface area is 92.9 Å². The van der Waals surface area contributed by atoms with Gasteiger partial charge in [-0.05, 0) is 20.8 Å². The Bertz CT molecular complexity index is 384. The molecule has 16 heavy (non-hydrogen) atoms. The van der Waals surface area contributed by atoms with Crippen molar-refractivity contribution in [1.82, 2.24) is 10.5 Å². The van der Waals surface area contributed by atoms with E-state index in [-0.39, 0.29) is 24.3 Å². The van der Waals surface area contributed by atoms with Crippen molar-refractivity contribution in [2.75, 3.05) is 6.61 Å². The quantitative estimate of drug-likeness (QED) is 0.763. The van der Waals surface area contributed by atoms with Crippen molar-refractivity contribution in [3.63, 3.8) is 0 Å². The van der Waals surface area contributed by atoms with E-state index in [4.69, 9.17) is 4.74 Å². The number of aromatic nitrogens is 1. The van der Waals surface area contributed by atoms with Crippen LogP contribution in [0.5, 0.6) is 0 Å². The van der Waals surface area contributed by atoms with Crippen molar-refractivity contribution in [2.45, 2.75) is 26.8 Å². The maximum Gasteiger partial charge on any atom is 0.377 e. The van der Waals surface area contributed by atoms with E-state index < -0.39 is 5.97 Å². The van der Waals surface area contributed by atoms with Gasteiger partial charge in [-0.1, -0.05) is 5.16 Å². The Morgan fingerprint density at radius 3 is 2.75 bits per heavy atom. The van der Waals surface area contributed by atoms with Crippen LogP contribution in [0.1, 0.15) is 30.1 Å². The van der Waals surface area contributed by atoms with Crippen LogP contribution in [0, 0.1) is 6.92 Å². The molecule has 0 saturated carbocycles. The SMILES string of the molecule is Cc1cc(C(=O)OCC(=O)NC(C)C)on1. The number of carbonyl (C=O) groups excluding carboxylic acids is 2. The number of rotatable bonds is 4. The van der Waals surface area contributed by atoms with Gasteiger partial charge < -0.3 is 14.6 Å². The van der Waals surface area contributed by atoms with Crippen molar-refractivity contribution in [1.29, 1.82) is 0 Å². The number of ether oxygens (including phenoxy) is 1. The van der Waals surface area contributed by atoms with Gasteiger partial charge in [0.25, 0.3) is 5.91 Å². The molecule has 0 spiro atoms. The summed E-state index contributed by atoms with van der Waals surface area (Å²) < 4.78 is 9.40. The highest BCUT2D eigenvalue weighted by molar-refractivity contribution is 5.88. The summed E-state index contributed by atoms with van der Waals surface area (Å²) in [6.45, 7) is 5.00. The molecule has 6 heteroatoms. The fourth-order valence-corrected chi connectivity index (χ4v) is 1.03. The monoisotopic (exact) mass is 226 g/mol. The molecule has 0 radical (unpaired) electrons. The van der Waals surface area contributed by atoms with Crippen LogP contribution in [-0.4, -0.2) is 29.7 Å². The molecule has 88 valence electrons. The molecule has 0 aliphatic rings. The number of carbonyl (C=O) groups is 2. The molecule has 0 atom stereocenters. The minimum absolute atomic E-state index is 0.00477. The first-order valence-corrected chi connectivity index (χ1v) is 4.89. The standard InChI is InChI=1S/C10H14N2O4/c1-6(2)11-9(13)5-15-10(14)8-4-7(3)12-16-8/h4,6H,5H2,1-3H3,(H,11,13). The Balaban J connectivity index is 2.38. The lowest BCUT2D eigenvalue weighted by atomic mass is 10.4. The lowest BCUT2D eigenvalue weighted by molar-refractivity contribution is -0.124. The molecule has 1 aromatic rings. The Morgan fingerprint density at radius 2 is 2.25 bits per heavy atom. The third kappa shape index (κ3) is 3.72. The van der Waals surface area contributed by atoms with Gasteiger partial charge in [-0.2, -0.15) is 0 Å². The molecule has 1 rings (SSSR count). The molecule has 1 heterocycles. The Hall–Kier alpha value is -1.85. The minimum Gasteiger partial charge on any atom is -0.450 e. The molecular weight excluding hydrogens is 212 g/mol. The van der Waals surface area contributed by atoms with Crippen LogP contribution < -0.4 is 5.32 Å². The van der Waals surface area contributed by atoms with Gasteiger partial charge in [0, 0.05) is 12.1 Å². The number of hydrogen-bond donors (Lipinski definition) is 1. The number of amides is 1. The van der Waals surface area contributed by atoms with Crippen molar-refractivity contribution < 1.29 is 18.8 Å². The summed E-state index contributed by atoms with van der Waals surface area (Å²) in [5.74, 6) is -1.05. The van der Waals surface area contributed by atoms with Crippen molar-refractivity contribution in [3.05, 3.63) is 17.5 Å². The van der Waals surface area contributed by atoms with E-state index in [9.17, 15) is 9.59 Å². The van der Waals surface area contributed by atoms with E-state index in [1.807, 2.05) is 13.8 Å². The van der Waals surface area contributed by atoms with Crippen LogP contribution in [0.25, 0.3) is 0 Å². The van der Waals surface area contributed by atoms with E-state index in [1.165, 1.54) is 6.07 Å². The van der Waals surface area contributed by atoms with Gasteiger partial charge in [0.1, 0.15) is 0 Å². The summed E-state index contributed by atoms with van der Waals surface area (Å²) in [5.41, 5.74) is 0.582. The molecule has 0 unspecified atom stereocenters.